The van der Waals surface area contributed by atoms with Crippen molar-refractivity contribution in [1.82, 2.24) is 14.8 Å². The molecule has 3 aromatic heterocycles. The smallest absolute Gasteiger partial charge is 0.274 e. The number of thiophene rings is 1. The molecule has 0 unspecified atom stereocenters. The van der Waals surface area contributed by atoms with E-state index in [1.165, 1.54) is 22.2 Å². The monoisotopic (exact) mass is 375 g/mol. The molecule has 0 saturated carbocycles. The molecule has 7 nitrogen and oxygen atoms in total. The fourth-order valence-corrected chi connectivity index (χ4v) is 3.75. The van der Waals surface area contributed by atoms with Gasteiger partial charge in [0.05, 0.1) is 21.5 Å². The summed E-state index contributed by atoms with van der Waals surface area (Å²) in [6, 6.07) is 11.3. The first-order valence-corrected chi connectivity index (χ1v) is 8.88. The summed E-state index contributed by atoms with van der Waals surface area (Å²) < 4.78 is 1.46. The number of carbonyl (C=O) groups excluding carboxylic acids is 1. The third-order valence-corrected chi connectivity index (χ3v) is 5.24. The summed E-state index contributed by atoms with van der Waals surface area (Å²) in [7, 11) is 0. The van der Waals surface area contributed by atoms with Gasteiger partial charge in [-0.25, -0.2) is 4.68 Å². The number of benzene rings is 1. The van der Waals surface area contributed by atoms with Gasteiger partial charge in [-0.05, 0) is 18.6 Å². The molecule has 132 valence electrons. The Bertz CT molecular complexity index is 1310. The van der Waals surface area contributed by atoms with E-state index < -0.39 is 5.91 Å². The molecule has 0 saturated heterocycles. The van der Waals surface area contributed by atoms with E-state index >= 15 is 0 Å². The average Bonchev–Trinajstić information content (AvgIpc) is 3.28. The minimum atomic E-state index is -0.548. The number of aromatic amines is 1. The zero-order valence-corrected chi connectivity index (χ0v) is 15.0. The Morgan fingerprint density at radius 1 is 1.37 bits per heavy atom. The van der Waals surface area contributed by atoms with E-state index in [1.54, 1.807) is 11.4 Å². The van der Waals surface area contributed by atoms with Crippen LogP contribution >= 0.6 is 11.3 Å². The number of pyridine rings is 1. The Kier molecular flexibility index (Phi) is 3.86. The fourth-order valence-electron chi connectivity index (χ4n) is 3.03. The molecule has 0 radical (unpaired) electrons. The van der Waals surface area contributed by atoms with Crippen LogP contribution in [0.15, 0.2) is 46.7 Å². The number of nitrogens with zero attached hydrogens (tertiary/aromatic N) is 3. The third-order valence-electron chi connectivity index (χ3n) is 4.31. The Hall–Kier alpha value is -3.70. The van der Waals surface area contributed by atoms with E-state index in [4.69, 9.17) is 5.73 Å². The molecule has 4 aromatic rings. The second kappa shape index (κ2) is 6.23. The van der Waals surface area contributed by atoms with Gasteiger partial charge in [0.25, 0.3) is 11.5 Å². The molecule has 27 heavy (non-hydrogen) atoms. The van der Waals surface area contributed by atoms with E-state index in [2.05, 4.69) is 16.2 Å². The summed E-state index contributed by atoms with van der Waals surface area (Å²) in [6.07, 6.45) is 1.39. The van der Waals surface area contributed by atoms with Crippen molar-refractivity contribution in [2.45, 2.75) is 6.92 Å². The van der Waals surface area contributed by atoms with Gasteiger partial charge in [0.2, 0.25) is 0 Å². The van der Waals surface area contributed by atoms with Crippen LogP contribution in [0.5, 0.6) is 0 Å². The zero-order valence-electron chi connectivity index (χ0n) is 14.2. The molecule has 0 atom stereocenters. The maximum atomic E-state index is 12.6. The van der Waals surface area contributed by atoms with Crippen molar-refractivity contribution in [3.8, 4) is 23.0 Å². The summed E-state index contributed by atoms with van der Waals surface area (Å²) >= 11 is 1.17. The number of carbonyl (C=O) groups is 1. The van der Waals surface area contributed by atoms with Gasteiger partial charge < -0.3 is 10.7 Å². The Morgan fingerprint density at radius 3 is 2.81 bits per heavy atom. The van der Waals surface area contributed by atoms with E-state index in [9.17, 15) is 14.9 Å². The molecule has 3 N–H and O–H groups in total. The summed E-state index contributed by atoms with van der Waals surface area (Å²) in [5, 5.41) is 16.4. The van der Waals surface area contributed by atoms with Crippen LogP contribution in [0.25, 0.3) is 27.8 Å². The van der Waals surface area contributed by atoms with Crippen LogP contribution in [0, 0.1) is 18.3 Å². The van der Waals surface area contributed by atoms with E-state index in [-0.39, 0.29) is 11.1 Å². The van der Waals surface area contributed by atoms with Crippen LogP contribution in [0.2, 0.25) is 0 Å². The highest BCUT2D eigenvalue weighted by molar-refractivity contribution is 7.12. The minimum Gasteiger partial charge on any atom is -0.365 e. The van der Waals surface area contributed by atoms with Crippen molar-refractivity contribution in [3.63, 3.8) is 0 Å². The summed E-state index contributed by atoms with van der Waals surface area (Å²) in [6.45, 7) is 1.94. The predicted octanol–water partition coefficient (Wildman–Crippen LogP) is 2.72. The number of nitriles is 1. The van der Waals surface area contributed by atoms with Crippen molar-refractivity contribution >= 4 is 28.1 Å². The first-order valence-electron chi connectivity index (χ1n) is 8.00. The van der Waals surface area contributed by atoms with Crippen molar-refractivity contribution in [1.29, 1.82) is 5.26 Å². The maximum absolute atomic E-state index is 12.6. The molecule has 0 aliphatic heterocycles. The van der Waals surface area contributed by atoms with Gasteiger partial charge in [-0.2, -0.15) is 10.4 Å². The standard InChI is InChI=1S/C19H13N5O2S/c1-10-4-2-3-5-13(10)16-15-11(7-20)8-22-19(26)17(15)24(23-16)12-6-14(18(21)25)27-9-12/h2-6,8-9H,1H3,(H2,21,25)(H,22,26). The predicted molar refractivity (Wildman–Crippen MR) is 103 cm³/mol. The first kappa shape index (κ1) is 16.8. The van der Waals surface area contributed by atoms with Crippen LogP contribution in [0.4, 0.5) is 0 Å². The molecule has 4 rings (SSSR count). The highest BCUT2D eigenvalue weighted by Gasteiger charge is 2.21. The number of primary amides is 1. The molecule has 0 fully saturated rings. The lowest BCUT2D eigenvalue weighted by molar-refractivity contribution is 0.100. The number of fused-ring (bicyclic) bond motifs is 1. The number of aromatic nitrogens is 3. The molecule has 8 heteroatoms. The number of hydrogen-bond donors (Lipinski definition) is 2. The largest absolute Gasteiger partial charge is 0.365 e. The van der Waals surface area contributed by atoms with E-state index in [0.29, 0.717) is 27.2 Å². The van der Waals surface area contributed by atoms with Crippen molar-refractivity contribution in [2.75, 3.05) is 0 Å². The van der Waals surface area contributed by atoms with Crippen LogP contribution in [0.1, 0.15) is 20.8 Å². The highest BCUT2D eigenvalue weighted by atomic mass is 32.1. The van der Waals surface area contributed by atoms with E-state index in [0.717, 1.165) is 11.1 Å². The molecule has 0 spiro atoms. The fraction of sp³-hybridized carbons (Fsp3) is 0.0526. The van der Waals surface area contributed by atoms with Gasteiger partial charge in [-0.15, -0.1) is 11.3 Å². The second-order valence-electron chi connectivity index (χ2n) is 5.98. The molecule has 1 aromatic carbocycles. The molecule has 0 aliphatic rings. The lowest BCUT2D eigenvalue weighted by Gasteiger charge is -2.02. The first-order chi connectivity index (χ1) is 13.0. The lowest BCUT2D eigenvalue weighted by atomic mass is 10.0. The quantitative estimate of drug-likeness (QED) is 0.572. The summed E-state index contributed by atoms with van der Waals surface area (Å²) in [4.78, 5) is 27.0. The number of amides is 1. The number of rotatable bonds is 3. The Morgan fingerprint density at radius 2 is 2.15 bits per heavy atom. The minimum absolute atomic E-state index is 0.251. The van der Waals surface area contributed by atoms with Crippen molar-refractivity contribution in [2.24, 2.45) is 5.73 Å². The third kappa shape index (κ3) is 2.61. The van der Waals surface area contributed by atoms with Crippen LogP contribution in [-0.4, -0.2) is 20.7 Å². The molecular formula is C19H13N5O2S. The van der Waals surface area contributed by atoms with Crippen LogP contribution in [-0.2, 0) is 0 Å². The summed E-state index contributed by atoms with van der Waals surface area (Å²) in [5.41, 5.74) is 8.41. The lowest BCUT2D eigenvalue weighted by Crippen LogP contribution is -2.11. The number of hydrogen-bond acceptors (Lipinski definition) is 5. The van der Waals surface area contributed by atoms with Gasteiger partial charge in [-0.3, -0.25) is 9.59 Å². The molecule has 0 bridgehead atoms. The summed E-state index contributed by atoms with van der Waals surface area (Å²) in [5.74, 6) is -0.548. The van der Waals surface area contributed by atoms with Crippen LogP contribution < -0.4 is 11.3 Å². The molecule has 3 heterocycles. The normalized spacial score (nSPS) is 10.8. The molecule has 0 aliphatic carbocycles. The van der Waals surface area contributed by atoms with Gasteiger partial charge in [0.15, 0.2) is 0 Å². The number of aryl methyl sites for hydroxylation is 1. The van der Waals surface area contributed by atoms with Gasteiger partial charge >= 0.3 is 0 Å². The number of H-pyrrole nitrogens is 1. The number of nitrogens with one attached hydrogen (secondary N) is 1. The Labute approximate surface area is 157 Å². The van der Waals surface area contributed by atoms with Crippen LogP contribution in [0.3, 0.4) is 0 Å². The van der Waals surface area contributed by atoms with Gasteiger partial charge in [0, 0.05) is 17.1 Å². The SMILES string of the molecule is Cc1ccccc1-c1nn(-c2csc(C(N)=O)c2)c2c(=O)[nH]cc(C#N)c12. The number of nitrogens with two attached hydrogens (primary N) is 1. The second-order valence-corrected chi connectivity index (χ2v) is 6.89. The maximum Gasteiger partial charge on any atom is 0.274 e. The average molecular weight is 375 g/mol. The van der Waals surface area contributed by atoms with Gasteiger partial charge in [0.1, 0.15) is 17.3 Å². The molecular weight excluding hydrogens is 362 g/mol. The Balaban J connectivity index is 2.12. The topological polar surface area (TPSA) is 118 Å². The highest BCUT2D eigenvalue weighted by Crippen LogP contribution is 2.32. The van der Waals surface area contributed by atoms with Gasteiger partial charge in [-0.1, -0.05) is 24.3 Å². The zero-order chi connectivity index (χ0) is 19.1. The molecule has 1 amide bonds. The van der Waals surface area contributed by atoms with Crippen molar-refractivity contribution in [3.05, 3.63) is 68.3 Å². The van der Waals surface area contributed by atoms with E-state index in [1.807, 2.05) is 31.2 Å². The van der Waals surface area contributed by atoms with Crippen molar-refractivity contribution < 1.29 is 4.79 Å².